The van der Waals surface area contributed by atoms with Gasteiger partial charge in [0.25, 0.3) is 0 Å². The van der Waals surface area contributed by atoms with E-state index < -0.39 is 0 Å². The quantitative estimate of drug-likeness (QED) is 0.0910. The fraction of sp³-hybridized carbons (Fsp3) is 0.310. The Balaban J connectivity index is 1.29. The Kier molecular flexibility index (Phi) is 11.1. The van der Waals surface area contributed by atoms with Crippen LogP contribution in [0.3, 0.4) is 0 Å². The second-order valence-electron chi connectivity index (χ2n) is 13.7. The minimum absolute atomic E-state index is 0.0697. The summed E-state index contributed by atoms with van der Waals surface area (Å²) in [6.07, 6.45) is 2.93. The number of nitrogens with zero attached hydrogens (tertiary/aromatic N) is 3. The molecule has 0 aromatic heterocycles. The molecule has 8 heteroatoms. The second-order valence-corrected chi connectivity index (χ2v) is 13.7. The summed E-state index contributed by atoms with van der Waals surface area (Å²) < 4.78 is 0. The molecule has 50 heavy (non-hydrogen) atoms. The van der Waals surface area contributed by atoms with Crippen molar-refractivity contribution in [2.45, 2.75) is 50.2 Å². The van der Waals surface area contributed by atoms with Crippen LogP contribution < -0.4 is 11.1 Å². The Hall–Kier alpha value is -5.21. The first-order valence-electron chi connectivity index (χ1n) is 17.6. The smallest absolute Gasteiger partial charge is 0.240 e. The van der Waals surface area contributed by atoms with Gasteiger partial charge in [-0.1, -0.05) is 115 Å². The van der Waals surface area contributed by atoms with Crippen molar-refractivity contribution in [1.82, 2.24) is 20.0 Å². The molecule has 8 nitrogen and oxygen atoms in total. The molecule has 2 amide bonds. The maximum atomic E-state index is 14.8. The van der Waals surface area contributed by atoms with E-state index in [4.69, 9.17) is 11.1 Å². The maximum absolute atomic E-state index is 14.8. The highest BCUT2D eigenvalue weighted by molar-refractivity contribution is 5.87. The van der Waals surface area contributed by atoms with Gasteiger partial charge in [-0.15, -0.1) is 0 Å². The number of piperazine rings is 1. The van der Waals surface area contributed by atoms with Crippen LogP contribution in [0, 0.1) is 5.41 Å². The number of nitrogens with one attached hydrogen (secondary N) is 2. The van der Waals surface area contributed by atoms with Crippen molar-refractivity contribution >= 4 is 39.3 Å². The fourth-order valence-electron chi connectivity index (χ4n) is 7.29. The van der Waals surface area contributed by atoms with Crippen LogP contribution in [-0.4, -0.2) is 84.3 Å². The third-order valence-electron chi connectivity index (χ3n) is 9.96. The zero-order valence-corrected chi connectivity index (χ0v) is 29.1. The molecular formula is C42H48N6O2. The first kappa shape index (κ1) is 34.6. The van der Waals surface area contributed by atoms with Crippen LogP contribution in [0.25, 0.3) is 21.5 Å². The Labute approximate surface area is 295 Å². The molecule has 6 rings (SSSR count). The lowest BCUT2D eigenvalue weighted by molar-refractivity contribution is -0.149. The number of benzene rings is 5. The number of amides is 2. The van der Waals surface area contributed by atoms with Crippen LogP contribution in [0.4, 0.5) is 0 Å². The molecule has 5 aromatic rings. The highest BCUT2D eigenvalue weighted by Crippen LogP contribution is 2.26. The van der Waals surface area contributed by atoms with E-state index in [1.807, 2.05) is 77.3 Å². The summed E-state index contributed by atoms with van der Waals surface area (Å²) >= 11 is 0. The molecular weight excluding hydrogens is 621 g/mol. The number of nitrogens with two attached hydrogens (primary N) is 1. The number of hydrogen-bond acceptors (Lipinski definition) is 4. The number of likely N-dealkylation sites (N-methyl/N-ethyl adjacent to an activating group) is 1. The van der Waals surface area contributed by atoms with E-state index in [2.05, 4.69) is 72.0 Å². The molecule has 1 fully saturated rings. The lowest BCUT2D eigenvalue weighted by Crippen LogP contribution is -2.64. The van der Waals surface area contributed by atoms with Crippen molar-refractivity contribution in [1.29, 1.82) is 5.41 Å². The second kappa shape index (κ2) is 16.0. The Morgan fingerprint density at radius 1 is 0.760 bits per heavy atom. The molecule has 4 N–H and O–H groups in total. The number of carbonyl (C=O) groups is 2. The third kappa shape index (κ3) is 8.50. The van der Waals surface area contributed by atoms with Gasteiger partial charge in [0.2, 0.25) is 11.8 Å². The number of fused-ring (bicyclic) bond motifs is 2. The Bertz CT molecular complexity index is 1940. The normalized spacial score (nSPS) is 16.9. The van der Waals surface area contributed by atoms with Crippen LogP contribution in [0.1, 0.15) is 29.5 Å². The van der Waals surface area contributed by atoms with Crippen LogP contribution in [-0.2, 0) is 28.9 Å². The first-order valence-corrected chi connectivity index (χ1v) is 17.6. The van der Waals surface area contributed by atoms with Crippen LogP contribution >= 0.6 is 0 Å². The summed E-state index contributed by atoms with van der Waals surface area (Å²) in [6.45, 7) is 1.43. The molecule has 0 aliphatic carbocycles. The SMILES string of the molecule is CN(C)[C@H](Cc1ccc2ccccc2c1)C(=O)N1C[C@@H](Cc2ccccc2)N(C(=O)Cc2ccc3ccccc3c2)C[C@@H]1CCCNC(=N)N. The molecule has 1 aliphatic heterocycles. The minimum Gasteiger partial charge on any atom is -0.370 e. The maximum Gasteiger partial charge on any atom is 0.240 e. The number of guanidine groups is 1. The molecule has 0 spiro atoms. The number of carbonyl (C=O) groups excluding carboxylic acids is 2. The van der Waals surface area contributed by atoms with Crippen LogP contribution in [0.5, 0.6) is 0 Å². The van der Waals surface area contributed by atoms with E-state index in [1.54, 1.807) is 0 Å². The molecule has 258 valence electrons. The van der Waals surface area contributed by atoms with Crippen molar-refractivity contribution in [2.24, 2.45) is 5.73 Å². The standard InChI is InChI=1S/C42H48N6O2/c1-46(2)39(26-31-18-20-33-13-6-8-15-35(33)23-31)41(50)48-29-38(25-30-11-4-3-5-12-30)47(28-37(48)17-10-22-45-42(43)44)40(49)27-32-19-21-34-14-7-9-16-36(34)24-32/h3-9,11-16,18-21,23-24,37-39H,10,17,22,25-29H2,1-2H3,(H4,43,44,45)/t37-,38+,39+/m0/s1. The van der Waals surface area contributed by atoms with Crippen molar-refractivity contribution in [2.75, 3.05) is 33.7 Å². The Morgan fingerprint density at radius 3 is 1.98 bits per heavy atom. The van der Waals surface area contributed by atoms with Gasteiger partial charge in [-0.2, -0.15) is 0 Å². The van der Waals surface area contributed by atoms with Gasteiger partial charge in [0, 0.05) is 25.7 Å². The summed E-state index contributed by atoms with van der Waals surface area (Å²) in [4.78, 5) is 35.2. The summed E-state index contributed by atoms with van der Waals surface area (Å²) in [7, 11) is 3.94. The summed E-state index contributed by atoms with van der Waals surface area (Å²) in [5.41, 5.74) is 8.81. The minimum atomic E-state index is -0.369. The van der Waals surface area contributed by atoms with Gasteiger partial charge in [0.15, 0.2) is 5.96 Å². The lowest BCUT2D eigenvalue weighted by Gasteiger charge is -2.48. The summed E-state index contributed by atoms with van der Waals surface area (Å²) in [6, 6.07) is 38.7. The molecule has 3 atom stereocenters. The molecule has 5 aromatic carbocycles. The molecule has 1 saturated heterocycles. The van der Waals surface area contributed by atoms with E-state index in [1.165, 1.54) is 5.39 Å². The summed E-state index contributed by atoms with van der Waals surface area (Å²) in [5.74, 6) is 0.0765. The number of hydrogen-bond donors (Lipinski definition) is 3. The van der Waals surface area contributed by atoms with Gasteiger partial charge < -0.3 is 20.9 Å². The van der Waals surface area contributed by atoms with Crippen molar-refractivity contribution < 1.29 is 9.59 Å². The van der Waals surface area contributed by atoms with Gasteiger partial charge in [-0.05, 0) is 78.0 Å². The van der Waals surface area contributed by atoms with Crippen LogP contribution in [0.15, 0.2) is 115 Å². The monoisotopic (exact) mass is 668 g/mol. The fourth-order valence-corrected chi connectivity index (χ4v) is 7.29. The topological polar surface area (TPSA) is 106 Å². The average molecular weight is 669 g/mol. The van der Waals surface area contributed by atoms with Crippen molar-refractivity contribution in [3.8, 4) is 0 Å². The van der Waals surface area contributed by atoms with Crippen molar-refractivity contribution in [3.63, 3.8) is 0 Å². The van der Waals surface area contributed by atoms with Gasteiger partial charge in [0.05, 0.1) is 18.5 Å². The molecule has 0 saturated carbocycles. The first-order chi connectivity index (χ1) is 24.2. The zero-order chi connectivity index (χ0) is 35.0. The van der Waals surface area contributed by atoms with Gasteiger partial charge in [0.1, 0.15) is 0 Å². The molecule has 0 bridgehead atoms. The van der Waals surface area contributed by atoms with E-state index in [0.717, 1.165) is 32.8 Å². The predicted molar refractivity (Wildman–Crippen MR) is 203 cm³/mol. The van der Waals surface area contributed by atoms with Gasteiger partial charge >= 0.3 is 0 Å². The molecule has 0 radical (unpaired) electrons. The largest absolute Gasteiger partial charge is 0.370 e. The zero-order valence-electron chi connectivity index (χ0n) is 29.1. The lowest BCUT2D eigenvalue weighted by atomic mass is 9.94. The van der Waals surface area contributed by atoms with Crippen molar-refractivity contribution in [3.05, 3.63) is 132 Å². The van der Waals surface area contributed by atoms with E-state index in [9.17, 15) is 9.59 Å². The third-order valence-corrected chi connectivity index (χ3v) is 9.96. The Morgan fingerprint density at radius 2 is 1.34 bits per heavy atom. The highest BCUT2D eigenvalue weighted by Gasteiger charge is 2.40. The van der Waals surface area contributed by atoms with E-state index in [-0.39, 0.29) is 35.9 Å². The molecule has 1 heterocycles. The predicted octanol–water partition coefficient (Wildman–Crippen LogP) is 5.62. The molecule has 1 aliphatic rings. The van der Waals surface area contributed by atoms with E-state index >= 15 is 0 Å². The van der Waals surface area contributed by atoms with Crippen LogP contribution in [0.2, 0.25) is 0 Å². The van der Waals surface area contributed by atoms with Gasteiger partial charge in [-0.3, -0.25) is 19.9 Å². The van der Waals surface area contributed by atoms with E-state index in [0.29, 0.717) is 51.7 Å². The summed E-state index contributed by atoms with van der Waals surface area (Å²) in [5, 5.41) is 15.1. The average Bonchev–Trinajstić information content (AvgIpc) is 3.12. The highest BCUT2D eigenvalue weighted by atomic mass is 16.2. The molecule has 0 unspecified atom stereocenters. The number of rotatable bonds is 12. The van der Waals surface area contributed by atoms with Gasteiger partial charge in [-0.25, -0.2) is 0 Å².